The number of thiophene rings is 1. The van der Waals surface area contributed by atoms with Crippen LogP contribution in [0.1, 0.15) is 33.6 Å². The fourth-order valence-corrected chi connectivity index (χ4v) is 6.99. The Morgan fingerprint density at radius 2 is 1.78 bits per heavy atom. The molecule has 1 saturated heterocycles. The van der Waals surface area contributed by atoms with Crippen LogP contribution >= 0.6 is 34.5 Å². The lowest BCUT2D eigenvalue weighted by Crippen LogP contribution is -2.42. The molecule has 2 N–H and O–H groups in total. The Balaban J connectivity index is 1.32. The van der Waals surface area contributed by atoms with Gasteiger partial charge in [0.15, 0.2) is 0 Å². The number of anilines is 1. The minimum atomic E-state index is -4.54. The number of carbonyl (C=O) groups excluding carboxylic acids is 1. The Bertz CT molecular complexity index is 1370. The molecule has 0 radical (unpaired) electrons. The molecule has 0 aliphatic carbocycles. The number of halogens is 5. The SMILES string of the molecule is O=C(NCc1ccc(S(=O)(=O)N2CCC(Nc3ncc(C(F)(F)F)cc3Cl)CC2)s1)c1ccc(Cl)cc1. The van der Waals surface area contributed by atoms with Crippen molar-refractivity contribution in [1.82, 2.24) is 14.6 Å². The fraction of sp³-hybridized carbons (Fsp3) is 0.304. The lowest BCUT2D eigenvalue weighted by molar-refractivity contribution is -0.137. The largest absolute Gasteiger partial charge is 0.417 e. The van der Waals surface area contributed by atoms with Gasteiger partial charge in [-0.2, -0.15) is 17.5 Å². The summed E-state index contributed by atoms with van der Waals surface area (Å²) in [4.78, 5) is 16.7. The zero-order valence-electron chi connectivity index (χ0n) is 19.1. The van der Waals surface area contributed by atoms with Gasteiger partial charge in [0.1, 0.15) is 10.0 Å². The van der Waals surface area contributed by atoms with Crippen LogP contribution in [0.15, 0.2) is 52.9 Å². The maximum Gasteiger partial charge on any atom is 0.417 e. The predicted molar refractivity (Wildman–Crippen MR) is 137 cm³/mol. The molecule has 0 unspecified atom stereocenters. The molecule has 7 nitrogen and oxygen atoms in total. The number of piperidine rings is 1. The van der Waals surface area contributed by atoms with E-state index in [1.54, 1.807) is 30.3 Å². The number of nitrogens with zero attached hydrogens (tertiary/aromatic N) is 2. The molecule has 0 atom stereocenters. The van der Waals surface area contributed by atoms with E-state index in [1.165, 1.54) is 10.4 Å². The van der Waals surface area contributed by atoms with Gasteiger partial charge in [-0.15, -0.1) is 11.3 Å². The molecule has 1 amide bonds. The normalized spacial score (nSPS) is 15.5. The average Bonchev–Trinajstić information content (AvgIpc) is 3.34. The highest BCUT2D eigenvalue weighted by molar-refractivity contribution is 7.91. The van der Waals surface area contributed by atoms with Crippen LogP contribution in [0.5, 0.6) is 0 Å². The molecule has 2 aromatic heterocycles. The number of benzene rings is 1. The second kappa shape index (κ2) is 11.2. The summed E-state index contributed by atoms with van der Waals surface area (Å²) >= 11 is 12.9. The summed E-state index contributed by atoms with van der Waals surface area (Å²) in [6.07, 6.45) is -2.99. The number of hydrogen-bond acceptors (Lipinski definition) is 6. The first-order chi connectivity index (χ1) is 17.4. The van der Waals surface area contributed by atoms with Crippen molar-refractivity contribution in [3.63, 3.8) is 0 Å². The number of pyridine rings is 1. The number of sulfonamides is 1. The Morgan fingerprint density at radius 3 is 2.41 bits per heavy atom. The highest BCUT2D eigenvalue weighted by Crippen LogP contribution is 2.33. The fourth-order valence-electron chi connectivity index (χ4n) is 3.72. The van der Waals surface area contributed by atoms with Crippen LogP contribution in [0.3, 0.4) is 0 Å². The average molecular weight is 593 g/mol. The van der Waals surface area contributed by atoms with E-state index in [4.69, 9.17) is 23.2 Å². The van der Waals surface area contributed by atoms with Gasteiger partial charge in [0, 0.05) is 40.8 Å². The van der Waals surface area contributed by atoms with Crippen LogP contribution in [-0.4, -0.2) is 42.7 Å². The molecule has 1 fully saturated rings. The number of nitrogens with one attached hydrogen (secondary N) is 2. The van der Waals surface area contributed by atoms with Crippen LogP contribution in [-0.2, 0) is 22.7 Å². The first kappa shape index (κ1) is 27.6. The second-order valence-electron chi connectivity index (χ2n) is 8.29. The van der Waals surface area contributed by atoms with Gasteiger partial charge in [-0.25, -0.2) is 13.4 Å². The highest BCUT2D eigenvalue weighted by atomic mass is 35.5. The smallest absolute Gasteiger partial charge is 0.366 e. The van der Waals surface area contributed by atoms with Crippen molar-refractivity contribution < 1.29 is 26.4 Å². The van der Waals surface area contributed by atoms with Gasteiger partial charge in [-0.1, -0.05) is 23.2 Å². The molecule has 0 bridgehead atoms. The van der Waals surface area contributed by atoms with Crippen LogP contribution in [0.4, 0.5) is 19.0 Å². The van der Waals surface area contributed by atoms with E-state index in [0.717, 1.165) is 17.4 Å². The Kier molecular flexibility index (Phi) is 8.34. The molecule has 4 rings (SSSR count). The lowest BCUT2D eigenvalue weighted by atomic mass is 10.1. The summed E-state index contributed by atoms with van der Waals surface area (Å²) in [5.74, 6) is -0.175. The number of rotatable bonds is 7. The van der Waals surface area contributed by atoms with Crippen molar-refractivity contribution in [1.29, 1.82) is 0 Å². The summed E-state index contributed by atoms with van der Waals surface area (Å²) in [5, 5.41) is 6.13. The van der Waals surface area contributed by atoms with Gasteiger partial charge in [0.05, 0.1) is 17.1 Å². The quantitative estimate of drug-likeness (QED) is 0.369. The molecule has 3 heterocycles. The second-order valence-corrected chi connectivity index (χ2v) is 12.5. The van der Waals surface area contributed by atoms with E-state index in [-0.39, 0.29) is 46.6 Å². The minimum absolute atomic E-state index is 0.125. The Labute approximate surface area is 225 Å². The Morgan fingerprint density at radius 1 is 1.11 bits per heavy atom. The van der Waals surface area contributed by atoms with E-state index in [1.807, 2.05) is 0 Å². The predicted octanol–water partition coefficient (Wildman–Crippen LogP) is 5.66. The van der Waals surface area contributed by atoms with Gasteiger partial charge in [0.25, 0.3) is 15.9 Å². The third-order valence-electron chi connectivity index (χ3n) is 5.72. The molecule has 3 aromatic rings. The number of amides is 1. The zero-order chi connectivity index (χ0) is 26.8. The van der Waals surface area contributed by atoms with Gasteiger partial charge < -0.3 is 10.6 Å². The molecule has 1 aromatic carbocycles. The topological polar surface area (TPSA) is 91.4 Å². The summed E-state index contributed by atoms with van der Waals surface area (Å²) < 4.78 is 66.2. The van der Waals surface area contributed by atoms with Crippen molar-refractivity contribution in [2.24, 2.45) is 0 Å². The van der Waals surface area contributed by atoms with Crippen LogP contribution in [0.2, 0.25) is 10.0 Å². The monoisotopic (exact) mass is 592 g/mol. The molecule has 14 heteroatoms. The number of alkyl halides is 3. The van der Waals surface area contributed by atoms with Crippen molar-refractivity contribution >= 4 is 56.3 Å². The van der Waals surface area contributed by atoms with E-state index in [9.17, 15) is 26.4 Å². The number of aromatic nitrogens is 1. The molecule has 198 valence electrons. The third-order valence-corrected chi connectivity index (χ3v) is 9.72. The molecular formula is C23H21Cl2F3N4O3S2. The maximum absolute atomic E-state index is 13.1. The van der Waals surface area contributed by atoms with E-state index >= 15 is 0 Å². The van der Waals surface area contributed by atoms with Crippen molar-refractivity contribution in [2.45, 2.75) is 35.8 Å². The summed E-state index contributed by atoms with van der Waals surface area (Å²) in [6.45, 7) is 0.617. The van der Waals surface area contributed by atoms with Gasteiger partial charge in [-0.3, -0.25) is 4.79 Å². The van der Waals surface area contributed by atoms with Gasteiger partial charge >= 0.3 is 6.18 Å². The van der Waals surface area contributed by atoms with Gasteiger partial charge in [0.2, 0.25) is 0 Å². The van der Waals surface area contributed by atoms with Crippen LogP contribution in [0, 0.1) is 0 Å². The molecule has 37 heavy (non-hydrogen) atoms. The van der Waals surface area contributed by atoms with E-state index in [2.05, 4.69) is 15.6 Å². The molecular weight excluding hydrogens is 572 g/mol. The number of carbonyl (C=O) groups is 1. The maximum atomic E-state index is 13.1. The molecule has 1 aliphatic heterocycles. The van der Waals surface area contributed by atoms with Crippen LogP contribution in [0.25, 0.3) is 0 Å². The van der Waals surface area contributed by atoms with Crippen molar-refractivity contribution in [3.8, 4) is 0 Å². The molecule has 0 spiro atoms. The first-order valence-electron chi connectivity index (χ1n) is 11.1. The lowest BCUT2D eigenvalue weighted by Gasteiger charge is -2.31. The molecule has 1 aliphatic rings. The van der Waals surface area contributed by atoms with E-state index < -0.39 is 21.8 Å². The molecule has 0 saturated carbocycles. The van der Waals surface area contributed by atoms with Crippen molar-refractivity contribution in [2.75, 3.05) is 18.4 Å². The van der Waals surface area contributed by atoms with Gasteiger partial charge in [-0.05, 0) is 55.3 Å². The van der Waals surface area contributed by atoms with E-state index in [0.29, 0.717) is 34.5 Å². The highest BCUT2D eigenvalue weighted by Gasteiger charge is 2.33. The van der Waals surface area contributed by atoms with Crippen LogP contribution < -0.4 is 10.6 Å². The zero-order valence-corrected chi connectivity index (χ0v) is 22.2. The summed E-state index contributed by atoms with van der Waals surface area (Å²) in [6, 6.07) is 10.2. The standard InChI is InChI=1S/C23H21Cl2F3N4O3S2/c24-16-3-1-14(2-4-16)22(33)30-13-18-5-6-20(36-18)37(34,35)32-9-7-17(8-10-32)31-21-19(25)11-15(12-29-21)23(26,27)28/h1-6,11-12,17H,7-10,13H2,(H,29,31)(H,30,33). The Hall–Kier alpha value is -2.38. The first-order valence-corrected chi connectivity index (χ1v) is 14.1. The summed E-state index contributed by atoms with van der Waals surface area (Å²) in [5.41, 5.74) is -0.498. The summed E-state index contributed by atoms with van der Waals surface area (Å²) in [7, 11) is -3.73. The van der Waals surface area contributed by atoms with Crippen molar-refractivity contribution in [3.05, 3.63) is 74.7 Å². The minimum Gasteiger partial charge on any atom is -0.366 e. The third kappa shape index (κ3) is 6.74. The number of hydrogen-bond donors (Lipinski definition) is 2.